The minimum atomic E-state index is -0.986. The molecule has 0 spiro atoms. The van der Waals surface area contributed by atoms with Crippen molar-refractivity contribution >= 4 is 11.9 Å². The minimum Gasteiger partial charge on any atom is -0.478 e. The summed E-state index contributed by atoms with van der Waals surface area (Å²) in [6.07, 6.45) is 4.59. The number of allylic oxidation sites excluding steroid dienone is 2. The Morgan fingerprint density at radius 2 is 1.37 bits per heavy atom. The van der Waals surface area contributed by atoms with E-state index in [2.05, 4.69) is 0 Å². The summed E-state index contributed by atoms with van der Waals surface area (Å²) in [4.78, 5) is 21.5. The molecule has 0 aromatic carbocycles. The van der Waals surface area contributed by atoms with Crippen LogP contribution in [0.2, 0.25) is 0 Å². The highest BCUT2D eigenvalue weighted by Gasteiger charge is 2.25. The van der Waals surface area contributed by atoms with Crippen LogP contribution < -0.4 is 0 Å². The standard InChI is InChI=1S/C14H22O5/c1-4-14(9-15,7-5-10(2)12(16)17)8-6-11(3)13(18)19/h5-6,15H,4,7-9H2,1-3H3,(H,16,17)(H,18,19). The molecular weight excluding hydrogens is 248 g/mol. The summed E-state index contributed by atoms with van der Waals surface area (Å²) in [7, 11) is 0. The molecule has 3 N–H and O–H groups in total. The van der Waals surface area contributed by atoms with Gasteiger partial charge in [0.1, 0.15) is 0 Å². The largest absolute Gasteiger partial charge is 0.478 e. The fourth-order valence-electron chi connectivity index (χ4n) is 1.53. The lowest BCUT2D eigenvalue weighted by atomic mass is 9.78. The first-order valence-electron chi connectivity index (χ1n) is 6.19. The lowest BCUT2D eigenvalue weighted by Gasteiger charge is -2.28. The Bertz CT molecular complexity index is 355. The van der Waals surface area contributed by atoms with Crippen LogP contribution in [0.25, 0.3) is 0 Å². The van der Waals surface area contributed by atoms with E-state index < -0.39 is 17.4 Å². The van der Waals surface area contributed by atoms with E-state index >= 15 is 0 Å². The van der Waals surface area contributed by atoms with Gasteiger partial charge in [-0.3, -0.25) is 0 Å². The second-order valence-corrected chi connectivity index (χ2v) is 4.80. The number of aliphatic hydroxyl groups is 1. The molecular formula is C14H22O5. The number of carbonyl (C=O) groups is 2. The van der Waals surface area contributed by atoms with E-state index in [1.54, 1.807) is 12.2 Å². The van der Waals surface area contributed by atoms with E-state index in [1.165, 1.54) is 13.8 Å². The molecule has 0 aromatic rings. The van der Waals surface area contributed by atoms with E-state index in [1.807, 2.05) is 6.92 Å². The summed E-state index contributed by atoms with van der Waals surface area (Å²) in [5, 5.41) is 27.1. The van der Waals surface area contributed by atoms with Crippen LogP contribution in [0.3, 0.4) is 0 Å². The van der Waals surface area contributed by atoms with Gasteiger partial charge in [-0.05, 0) is 33.1 Å². The highest BCUT2D eigenvalue weighted by molar-refractivity contribution is 5.86. The molecule has 0 aliphatic heterocycles. The van der Waals surface area contributed by atoms with Gasteiger partial charge >= 0.3 is 11.9 Å². The lowest BCUT2D eigenvalue weighted by molar-refractivity contribution is -0.133. The predicted octanol–water partition coefficient (Wildman–Crippen LogP) is 2.22. The molecule has 0 amide bonds. The fraction of sp³-hybridized carbons (Fsp3) is 0.571. The van der Waals surface area contributed by atoms with Gasteiger partial charge < -0.3 is 15.3 Å². The van der Waals surface area contributed by atoms with Crippen molar-refractivity contribution in [3.8, 4) is 0 Å². The van der Waals surface area contributed by atoms with Gasteiger partial charge in [-0.15, -0.1) is 0 Å². The molecule has 0 rings (SSSR count). The van der Waals surface area contributed by atoms with Crippen molar-refractivity contribution in [2.75, 3.05) is 6.61 Å². The second kappa shape index (κ2) is 7.74. The van der Waals surface area contributed by atoms with Crippen molar-refractivity contribution in [1.82, 2.24) is 0 Å². The van der Waals surface area contributed by atoms with E-state index in [-0.39, 0.29) is 17.8 Å². The highest BCUT2D eigenvalue weighted by atomic mass is 16.4. The van der Waals surface area contributed by atoms with E-state index in [0.29, 0.717) is 19.3 Å². The van der Waals surface area contributed by atoms with Crippen LogP contribution in [0.5, 0.6) is 0 Å². The Morgan fingerprint density at radius 1 is 1.00 bits per heavy atom. The molecule has 0 saturated heterocycles. The number of aliphatic hydroxyl groups excluding tert-OH is 1. The quantitative estimate of drug-likeness (QED) is 0.588. The maximum Gasteiger partial charge on any atom is 0.330 e. The Balaban J connectivity index is 4.96. The summed E-state index contributed by atoms with van der Waals surface area (Å²) in [5.41, 5.74) is -0.0524. The number of rotatable bonds is 8. The van der Waals surface area contributed by atoms with Crippen molar-refractivity contribution < 1.29 is 24.9 Å². The van der Waals surface area contributed by atoms with Crippen LogP contribution in [-0.2, 0) is 9.59 Å². The monoisotopic (exact) mass is 270 g/mol. The third kappa shape index (κ3) is 5.70. The second-order valence-electron chi connectivity index (χ2n) is 4.80. The van der Waals surface area contributed by atoms with Gasteiger partial charge in [0.15, 0.2) is 0 Å². The molecule has 0 aromatic heterocycles. The summed E-state index contributed by atoms with van der Waals surface area (Å²) >= 11 is 0. The summed E-state index contributed by atoms with van der Waals surface area (Å²) < 4.78 is 0. The van der Waals surface area contributed by atoms with Crippen LogP contribution in [0.15, 0.2) is 23.3 Å². The molecule has 5 heteroatoms. The van der Waals surface area contributed by atoms with Gasteiger partial charge in [0, 0.05) is 23.2 Å². The number of hydrogen-bond donors (Lipinski definition) is 3. The highest BCUT2D eigenvalue weighted by Crippen LogP contribution is 2.32. The maximum atomic E-state index is 10.7. The molecule has 108 valence electrons. The number of hydrogen-bond acceptors (Lipinski definition) is 3. The first-order chi connectivity index (χ1) is 8.78. The van der Waals surface area contributed by atoms with Gasteiger partial charge in [-0.2, -0.15) is 0 Å². The van der Waals surface area contributed by atoms with Crippen LogP contribution in [0, 0.1) is 5.41 Å². The van der Waals surface area contributed by atoms with Crippen molar-refractivity contribution in [2.45, 2.75) is 40.0 Å². The molecule has 5 nitrogen and oxygen atoms in total. The lowest BCUT2D eigenvalue weighted by Crippen LogP contribution is -2.24. The summed E-state index contributed by atoms with van der Waals surface area (Å²) in [6.45, 7) is 4.78. The van der Waals surface area contributed by atoms with E-state index in [4.69, 9.17) is 10.2 Å². The average molecular weight is 270 g/mol. The molecule has 0 bridgehead atoms. The number of carboxylic acids is 2. The summed E-state index contributed by atoms with van der Waals surface area (Å²) in [5.74, 6) is -1.97. The van der Waals surface area contributed by atoms with E-state index in [9.17, 15) is 14.7 Å². The third-order valence-electron chi connectivity index (χ3n) is 3.44. The fourth-order valence-corrected chi connectivity index (χ4v) is 1.53. The van der Waals surface area contributed by atoms with E-state index in [0.717, 1.165) is 0 Å². The Hall–Kier alpha value is -1.62. The topological polar surface area (TPSA) is 94.8 Å². The Morgan fingerprint density at radius 3 is 1.58 bits per heavy atom. The molecule has 19 heavy (non-hydrogen) atoms. The van der Waals surface area contributed by atoms with Crippen LogP contribution in [0.1, 0.15) is 40.0 Å². The first kappa shape index (κ1) is 17.4. The maximum absolute atomic E-state index is 10.7. The zero-order valence-electron chi connectivity index (χ0n) is 11.6. The van der Waals surface area contributed by atoms with Gasteiger partial charge in [0.25, 0.3) is 0 Å². The zero-order valence-corrected chi connectivity index (χ0v) is 11.6. The third-order valence-corrected chi connectivity index (χ3v) is 3.44. The van der Waals surface area contributed by atoms with Crippen LogP contribution >= 0.6 is 0 Å². The molecule has 0 saturated carbocycles. The van der Waals surface area contributed by atoms with Crippen molar-refractivity contribution in [3.63, 3.8) is 0 Å². The Kier molecular flexibility index (Phi) is 7.08. The molecule has 0 heterocycles. The molecule has 0 atom stereocenters. The summed E-state index contributed by atoms with van der Waals surface area (Å²) in [6, 6.07) is 0. The first-order valence-corrected chi connectivity index (χ1v) is 6.19. The van der Waals surface area contributed by atoms with Crippen molar-refractivity contribution in [2.24, 2.45) is 5.41 Å². The SMILES string of the molecule is CCC(CO)(CC=C(C)C(=O)O)CC=C(C)C(=O)O. The predicted molar refractivity (Wildman–Crippen MR) is 71.8 cm³/mol. The minimum absolute atomic E-state index is 0.115. The zero-order chi connectivity index (χ0) is 15.1. The molecule has 0 aliphatic rings. The van der Waals surface area contributed by atoms with Gasteiger partial charge in [-0.1, -0.05) is 19.1 Å². The molecule has 0 radical (unpaired) electrons. The smallest absolute Gasteiger partial charge is 0.330 e. The number of carboxylic acid groups (broad SMARTS) is 2. The number of aliphatic carboxylic acids is 2. The van der Waals surface area contributed by atoms with Crippen molar-refractivity contribution in [1.29, 1.82) is 0 Å². The van der Waals surface area contributed by atoms with Gasteiger partial charge in [-0.25, -0.2) is 9.59 Å². The average Bonchev–Trinajstić information content (AvgIpc) is 2.38. The van der Waals surface area contributed by atoms with Crippen LogP contribution in [0.4, 0.5) is 0 Å². The van der Waals surface area contributed by atoms with Crippen molar-refractivity contribution in [3.05, 3.63) is 23.3 Å². The molecule has 0 aliphatic carbocycles. The van der Waals surface area contributed by atoms with Gasteiger partial charge in [0.05, 0.1) is 0 Å². The normalized spacial score (nSPS) is 16.0. The molecule has 0 fully saturated rings. The Labute approximate surface area is 113 Å². The molecule has 0 unspecified atom stereocenters. The van der Waals surface area contributed by atoms with Gasteiger partial charge in [0.2, 0.25) is 0 Å². The van der Waals surface area contributed by atoms with Crippen LogP contribution in [-0.4, -0.2) is 33.9 Å².